The number of nitrogens with zero attached hydrogens (tertiary/aromatic N) is 3. The molecule has 0 unspecified atom stereocenters. The Bertz CT molecular complexity index is 963. The first kappa shape index (κ1) is 24.2. The Morgan fingerprint density at radius 1 is 0.941 bits per heavy atom. The molecule has 1 saturated heterocycles. The molecule has 2 fully saturated rings. The molecule has 1 aliphatic carbocycles. The van der Waals surface area contributed by atoms with E-state index in [0.29, 0.717) is 11.4 Å². The fourth-order valence-electron chi connectivity index (χ4n) is 5.08. The van der Waals surface area contributed by atoms with Crippen molar-refractivity contribution in [3.8, 4) is 0 Å². The SMILES string of the molecule is CC(C)(C)OC(=O)N(c1ccc([C@H]2CCCCN2C(=O)c2ccccc2)cn1)C1CCCCC1. The van der Waals surface area contributed by atoms with Crippen molar-refractivity contribution in [1.82, 2.24) is 9.88 Å². The lowest BCUT2D eigenvalue weighted by Gasteiger charge is -2.37. The largest absolute Gasteiger partial charge is 0.443 e. The number of hydrogen-bond acceptors (Lipinski definition) is 4. The molecule has 182 valence electrons. The van der Waals surface area contributed by atoms with Gasteiger partial charge in [0.05, 0.1) is 6.04 Å². The van der Waals surface area contributed by atoms with Gasteiger partial charge in [0.2, 0.25) is 0 Å². The van der Waals surface area contributed by atoms with Gasteiger partial charge in [-0.05, 0) is 76.6 Å². The molecule has 0 N–H and O–H groups in total. The van der Waals surface area contributed by atoms with Crippen LogP contribution in [0.3, 0.4) is 0 Å². The van der Waals surface area contributed by atoms with Gasteiger partial charge in [-0.1, -0.05) is 43.5 Å². The van der Waals surface area contributed by atoms with E-state index < -0.39 is 5.60 Å². The maximum atomic E-state index is 13.2. The number of anilines is 1. The highest BCUT2D eigenvalue weighted by Crippen LogP contribution is 2.34. The number of ether oxygens (including phenoxy) is 1. The van der Waals surface area contributed by atoms with Gasteiger partial charge in [0.1, 0.15) is 11.4 Å². The summed E-state index contributed by atoms with van der Waals surface area (Å²) in [4.78, 5) is 34.8. The minimum atomic E-state index is -0.565. The Morgan fingerprint density at radius 3 is 2.29 bits per heavy atom. The summed E-state index contributed by atoms with van der Waals surface area (Å²) < 4.78 is 5.75. The topological polar surface area (TPSA) is 62.7 Å². The summed E-state index contributed by atoms with van der Waals surface area (Å²) in [5.41, 5.74) is 1.16. The number of benzene rings is 1. The first-order chi connectivity index (χ1) is 16.3. The molecule has 2 aromatic rings. The smallest absolute Gasteiger partial charge is 0.416 e. The summed E-state index contributed by atoms with van der Waals surface area (Å²) in [6.07, 6.45) is 9.87. The van der Waals surface area contributed by atoms with Gasteiger partial charge >= 0.3 is 6.09 Å². The summed E-state index contributed by atoms with van der Waals surface area (Å²) in [6.45, 7) is 6.41. The normalized spacial score (nSPS) is 19.5. The summed E-state index contributed by atoms with van der Waals surface area (Å²) in [6, 6.07) is 13.5. The number of aromatic nitrogens is 1. The van der Waals surface area contributed by atoms with E-state index in [1.807, 2.05) is 74.3 Å². The van der Waals surface area contributed by atoms with Crippen LogP contribution in [0, 0.1) is 0 Å². The Balaban J connectivity index is 1.57. The number of piperidine rings is 1. The molecule has 6 nitrogen and oxygen atoms in total. The monoisotopic (exact) mass is 463 g/mol. The first-order valence-corrected chi connectivity index (χ1v) is 12.7. The number of likely N-dealkylation sites (tertiary alicyclic amines) is 1. The Morgan fingerprint density at radius 2 is 1.65 bits per heavy atom. The highest BCUT2D eigenvalue weighted by Gasteiger charge is 2.33. The van der Waals surface area contributed by atoms with Crippen LogP contribution in [0.25, 0.3) is 0 Å². The molecule has 1 saturated carbocycles. The van der Waals surface area contributed by atoms with E-state index in [1.165, 1.54) is 6.42 Å². The van der Waals surface area contributed by atoms with Crippen LogP contribution in [-0.2, 0) is 4.74 Å². The van der Waals surface area contributed by atoms with E-state index in [0.717, 1.165) is 57.1 Å². The highest BCUT2D eigenvalue weighted by atomic mass is 16.6. The molecule has 1 aromatic carbocycles. The third-order valence-corrected chi connectivity index (χ3v) is 6.72. The van der Waals surface area contributed by atoms with Crippen molar-refractivity contribution >= 4 is 17.8 Å². The Hall–Kier alpha value is -2.89. The molecular formula is C28H37N3O3. The number of rotatable bonds is 4. The van der Waals surface area contributed by atoms with Gasteiger partial charge in [0.15, 0.2) is 0 Å². The molecule has 2 heterocycles. The van der Waals surface area contributed by atoms with Crippen LogP contribution in [0.4, 0.5) is 10.6 Å². The molecule has 2 amide bonds. The van der Waals surface area contributed by atoms with Crippen LogP contribution in [0.5, 0.6) is 0 Å². The number of pyridine rings is 1. The molecule has 4 rings (SSSR count). The Labute approximate surface area is 203 Å². The molecule has 0 spiro atoms. The highest BCUT2D eigenvalue weighted by molar-refractivity contribution is 5.94. The van der Waals surface area contributed by atoms with Gasteiger partial charge in [-0.15, -0.1) is 0 Å². The maximum absolute atomic E-state index is 13.2. The second-order valence-electron chi connectivity index (χ2n) is 10.5. The molecule has 6 heteroatoms. The van der Waals surface area contributed by atoms with Crippen molar-refractivity contribution in [1.29, 1.82) is 0 Å². The lowest BCUT2D eigenvalue weighted by atomic mass is 9.94. The third kappa shape index (κ3) is 5.78. The van der Waals surface area contributed by atoms with Crippen LogP contribution >= 0.6 is 0 Å². The average molecular weight is 464 g/mol. The minimum absolute atomic E-state index is 0.00679. The quantitative estimate of drug-likeness (QED) is 0.518. The van der Waals surface area contributed by atoms with E-state index in [1.54, 1.807) is 4.90 Å². The first-order valence-electron chi connectivity index (χ1n) is 12.7. The number of hydrogen-bond donors (Lipinski definition) is 0. The molecule has 2 aliphatic rings. The lowest BCUT2D eigenvalue weighted by Crippen LogP contribution is -2.45. The average Bonchev–Trinajstić information content (AvgIpc) is 2.84. The van der Waals surface area contributed by atoms with E-state index in [9.17, 15) is 9.59 Å². The molecule has 1 aliphatic heterocycles. The zero-order chi connectivity index (χ0) is 24.1. The van der Waals surface area contributed by atoms with E-state index >= 15 is 0 Å². The summed E-state index contributed by atoms with van der Waals surface area (Å²) in [7, 11) is 0. The predicted octanol–water partition coefficient (Wildman–Crippen LogP) is 6.52. The number of carbonyl (C=O) groups is 2. The minimum Gasteiger partial charge on any atom is -0.443 e. The van der Waals surface area contributed by atoms with Crippen molar-refractivity contribution in [2.75, 3.05) is 11.4 Å². The van der Waals surface area contributed by atoms with Crippen LogP contribution in [-0.4, -0.2) is 40.1 Å². The van der Waals surface area contributed by atoms with Crippen molar-refractivity contribution in [2.45, 2.75) is 89.8 Å². The van der Waals surface area contributed by atoms with Crippen LogP contribution < -0.4 is 4.90 Å². The van der Waals surface area contributed by atoms with Gasteiger partial charge in [-0.2, -0.15) is 0 Å². The number of amides is 2. The molecule has 0 bridgehead atoms. The van der Waals surface area contributed by atoms with Crippen LogP contribution in [0.2, 0.25) is 0 Å². The zero-order valence-electron chi connectivity index (χ0n) is 20.7. The fourth-order valence-corrected chi connectivity index (χ4v) is 5.08. The van der Waals surface area contributed by atoms with Crippen LogP contribution in [0.1, 0.15) is 94.1 Å². The second kappa shape index (κ2) is 10.6. The summed E-state index contributed by atoms with van der Waals surface area (Å²) in [5, 5.41) is 0. The van der Waals surface area contributed by atoms with Crippen molar-refractivity contribution < 1.29 is 14.3 Å². The fraction of sp³-hybridized carbons (Fsp3) is 0.536. The van der Waals surface area contributed by atoms with Crippen molar-refractivity contribution in [2.24, 2.45) is 0 Å². The second-order valence-corrected chi connectivity index (χ2v) is 10.5. The van der Waals surface area contributed by atoms with E-state index in [-0.39, 0.29) is 24.1 Å². The number of carbonyl (C=O) groups excluding carboxylic acids is 2. The third-order valence-electron chi connectivity index (χ3n) is 6.72. The van der Waals surface area contributed by atoms with E-state index in [4.69, 9.17) is 9.72 Å². The van der Waals surface area contributed by atoms with Crippen molar-refractivity contribution in [3.05, 3.63) is 59.8 Å². The summed E-state index contributed by atoms with van der Waals surface area (Å²) >= 11 is 0. The van der Waals surface area contributed by atoms with Gasteiger partial charge in [-0.3, -0.25) is 9.69 Å². The Kier molecular flexibility index (Phi) is 7.54. The van der Waals surface area contributed by atoms with Crippen LogP contribution in [0.15, 0.2) is 48.7 Å². The molecule has 1 aromatic heterocycles. The molecule has 34 heavy (non-hydrogen) atoms. The van der Waals surface area contributed by atoms with Gasteiger partial charge in [0.25, 0.3) is 5.91 Å². The molecular weight excluding hydrogens is 426 g/mol. The summed E-state index contributed by atoms with van der Waals surface area (Å²) in [5.74, 6) is 0.689. The zero-order valence-corrected chi connectivity index (χ0v) is 20.7. The maximum Gasteiger partial charge on any atom is 0.416 e. The molecule has 0 radical (unpaired) electrons. The predicted molar refractivity (Wildman–Crippen MR) is 134 cm³/mol. The van der Waals surface area contributed by atoms with Gasteiger partial charge < -0.3 is 9.64 Å². The van der Waals surface area contributed by atoms with E-state index in [2.05, 4.69) is 0 Å². The van der Waals surface area contributed by atoms with Gasteiger partial charge in [-0.25, -0.2) is 9.78 Å². The lowest BCUT2D eigenvalue weighted by molar-refractivity contribution is 0.0556. The van der Waals surface area contributed by atoms with Gasteiger partial charge in [0, 0.05) is 24.3 Å². The molecule has 1 atom stereocenters. The standard InChI is InChI=1S/C28H37N3O3/c1-28(2,3)34-27(33)31(23-14-8-5-9-15-23)25-18-17-22(20-29-25)24-16-10-11-19-30(24)26(32)21-12-6-4-7-13-21/h4,6-7,12-13,17-18,20,23-24H,5,8-11,14-16,19H2,1-3H3/t24-/m1/s1. The van der Waals surface area contributed by atoms with Crippen molar-refractivity contribution in [3.63, 3.8) is 0 Å².